The van der Waals surface area contributed by atoms with Crippen LogP contribution in [0.5, 0.6) is 0 Å². The Labute approximate surface area is 190 Å². The van der Waals surface area contributed by atoms with E-state index in [1.807, 2.05) is 19.1 Å². The fourth-order valence-electron chi connectivity index (χ4n) is 3.65. The monoisotopic (exact) mass is 474 g/mol. The van der Waals surface area contributed by atoms with Gasteiger partial charge in [-0.1, -0.05) is 36.5 Å². The lowest BCUT2D eigenvalue weighted by molar-refractivity contribution is 0.102. The van der Waals surface area contributed by atoms with Crippen LogP contribution in [0.25, 0.3) is 0 Å². The minimum absolute atomic E-state index is 0.137. The largest absolute Gasteiger partial charge is 0.320 e. The summed E-state index contributed by atoms with van der Waals surface area (Å²) in [5.74, 6) is -1.06. The lowest BCUT2D eigenvalue weighted by Gasteiger charge is -2.30. The van der Waals surface area contributed by atoms with Gasteiger partial charge in [0.15, 0.2) is 0 Å². The summed E-state index contributed by atoms with van der Waals surface area (Å²) in [6, 6.07) is 12.6. The van der Waals surface area contributed by atoms with Crippen LogP contribution in [0.4, 0.5) is 10.1 Å². The first-order valence-corrected chi connectivity index (χ1v) is 12.6. The summed E-state index contributed by atoms with van der Waals surface area (Å²) in [5, 5.41) is 11.5. The predicted octanol–water partition coefficient (Wildman–Crippen LogP) is 4.06. The highest BCUT2D eigenvalue weighted by Crippen LogP contribution is 2.32. The Morgan fingerprint density at radius 3 is 2.72 bits per heavy atom. The fourth-order valence-corrected chi connectivity index (χ4v) is 6.04. The molecule has 1 atom stereocenters. The average Bonchev–Trinajstić information content (AvgIpc) is 3.30. The van der Waals surface area contributed by atoms with Crippen LogP contribution in [-0.2, 0) is 16.4 Å². The van der Waals surface area contributed by atoms with E-state index in [9.17, 15) is 17.6 Å². The number of benzene rings is 2. The maximum atomic E-state index is 13.3. The molecule has 0 unspecified atom stereocenters. The van der Waals surface area contributed by atoms with Crippen molar-refractivity contribution in [1.29, 1.82) is 0 Å². The number of nitrogens with one attached hydrogen (secondary N) is 1. The summed E-state index contributed by atoms with van der Waals surface area (Å²) in [5.41, 5.74) is 1.41. The molecule has 4 rings (SSSR count). The molecule has 0 spiro atoms. The van der Waals surface area contributed by atoms with Gasteiger partial charge in [0.05, 0.1) is 4.90 Å². The maximum Gasteiger partial charge on any atom is 0.286 e. The normalized spacial score (nSPS) is 17.2. The Kier molecular flexibility index (Phi) is 6.63. The van der Waals surface area contributed by atoms with Crippen LogP contribution in [0.15, 0.2) is 53.4 Å². The molecular formula is C22H23FN4O3S2. The van der Waals surface area contributed by atoms with Crippen LogP contribution in [0.1, 0.15) is 46.1 Å². The smallest absolute Gasteiger partial charge is 0.286 e. The minimum Gasteiger partial charge on any atom is -0.320 e. The van der Waals surface area contributed by atoms with Crippen LogP contribution in [0.2, 0.25) is 0 Å². The number of rotatable bonds is 6. The number of aryl methyl sites for hydroxylation is 1. The molecule has 0 aliphatic carbocycles. The lowest BCUT2D eigenvalue weighted by Crippen LogP contribution is -2.39. The third-order valence-electron chi connectivity index (χ3n) is 5.42. The zero-order valence-corrected chi connectivity index (χ0v) is 19.1. The molecule has 2 aromatic carbocycles. The summed E-state index contributed by atoms with van der Waals surface area (Å²) >= 11 is 1.13. The van der Waals surface area contributed by atoms with E-state index in [1.165, 1.54) is 22.5 Å². The predicted molar refractivity (Wildman–Crippen MR) is 121 cm³/mol. The van der Waals surface area contributed by atoms with Gasteiger partial charge in [-0.2, -0.15) is 4.31 Å². The SMILES string of the molecule is CCc1ccc(S(=O)(=O)N2CCC[C@H](c3nnc(C(=O)Nc4cccc(F)c4)s3)C2)cc1. The Morgan fingerprint density at radius 1 is 1.22 bits per heavy atom. The summed E-state index contributed by atoms with van der Waals surface area (Å²) in [6.45, 7) is 2.76. The first-order valence-electron chi connectivity index (χ1n) is 10.4. The summed E-state index contributed by atoms with van der Waals surface area (Å²) in [7, 11) is -3.61. The number of hydrogen-bond donors (Lipinski definition) is 1. The Morgan fingerprint density at radius 2 is 2.00 bits per heavy atom. The second kappa shape index (κ2) is 9.43. The Bertz CT molecular complexity index is 1210. The molecule has 10 heteroatoms. The number of nitrogens with zero attached hydrogens (tertiary/aromatic N) is 3. The molecule has 1 aliphatic heterocycles. The summed E-state index contributed by atoms with van der Waals surface area (Å²) < 4.78 is 41.0. The minimum atomic E-state index is -3.61. The number of amides is 1. The van der Waals surface area contributed by atoms with Gasteiger partial charge in [0.2, 0.25) is 15.0 Å². The van der Waals surface area contributed by atoms with Gasteiger partial charge in [0, 0.05) is 24.7 Å². The van der Waals surface area contributed by atoms with E-state index in [-0.39, 0.29) is 22.4 Å². The van der Waals surface area contributed by atoms with Gasteiger partial charge in [0.1, 0.15) is 10.8 Å². The topological polar surface area (TPSA) is 92.3 Å². The van der Waals surface area contributed by atoms with Gasteiger partial charge < -0.3 is 5.32 Å². The van der Waals surface area contributed by atoms with Gasteiger partial charge in [-0.25, -0.2) is 12.8 Å². The number of carbonyl (C=O) groups is 1. The molecule has 1 aromatic heterocycles. The van der Waals surface area contributed by atoms with Gasteiger partial charge in [-0.15, -0.1) is 10.2 Å². The van der Waals surface area contributed by atoms with E-state index in [2.05, 4.69) is 15.5 Å². The van der Waals surface area contributed by atoms with Gasteiger partial charge >= 0.3 is 0 Å². The molecule has 3 aromatic rings. The second-order valence-electron chi connectivity index (χ2n) is 7.61. The summed E-state index contributed by atoms with van der Waals surface area (Å²) in [6.07, 6.45) is 2.31. The van der Waals surface area contributed by atoms with Crippen LogP contribution in [0, 0.1) is 5.82 Å². The van der Waals surface area contributed by atoms with Crippen molar-refractivity contribution in [2.45, 2.75) is 37.0 Å². The third kappa shape index (κ3) is 4.87. The molecule has 0 radical (unpaired) electrons. The van der Waals surface area contributed by atoms with Crippen molar-refractivity contribution in [3.8, 4) is 0 Å². The number of piperidine rings is 1. The van der Waals surface area contributed by atoms with Crippen molar-refractivity contribution >= 4 is 33.0 Å². The number of anilines is 1. The highest BCUT2D eigenvalue weighted by atomic mass is 32.2. The maximum absolute atomic E-state index is 13.3. The molecule has 1 fully saturated rings. The zero-order chi connectivity index (χ0) is 22.7. The number of carbonyl (C=O) groups excluding carboxylic acids is 1. The molecule has 0 bridgehead atoms. The number of halogens is 1. The Hall–Kier alpha value is -2.69. The van der Waals surface area contributed by atoms with Crippen LogP contribution in [0.3, 0.4) is 0 Å². The highest BCUT2D eigenvalue weighted by Gasteiger charge is 2.32. The number of hydrogen-bond acceptors (Lipinski definition) is 6. The van der Waals surface area contributed by atoms with Crippen molar-refractivity contribution < 1.29 is 17.6 Å². The van der Waals surface area contributed by atoms with Gasteiger partial charge in [-0.05, 0) is 55.2 Å². The van der Waals surface area contributed by atoms with E-state index in [0.29, 0.717) is 23.7 Å². The first-order chi connectivity index (χ1) is 15.4. The average molecular weight is 475 g/mol. The van der Waals surface area contributed by atoms with Gasteiger partial charge in [0.25, 0.3) is 5.91 Å². The van der Waals surface area contributed by atoms with Crippen LogP contribution < -0.4 is 5.32 Å². The lowest BCUT2D eigenvalue weighted by atomic mass is 10.0. The third-order valence-corrected chi connectivity index (χ3v) is 8.38. The molecule has 0 saturated carbocycles. The zero-order valence-electron chi connectivity index (χ0n) is 17.5. The Balaban J connectivity index is 1.46. The van der Waals surface area contributed by atoms with Crippen molar-refractivity contribution in [1.82, 2.24) is 14.5 Å². The first kappa shape index (κ1) is 22.5. The standard InChI is InChI=1S/C22H23FN4O3S2/c1-2-15-8-10-19(11-9-15)32(29,30)27-12-4-5-16(14-27)21-25-26-22(31-21)20(28)24-18-7-3-6-17(23)13-18/h3,6-11,13,16H,2,4-5,12,14H2,1H3,(H,24,28)/t16-/m0/s1. The molecule has 1 amide bonds. The van der Waals surface area contributed by atoms with E-state index < -0.39 is 21.7 Å². The van der Waals surface area contributed by atoms with Crippen molar-refractivity contribution in [3.05, 3.63) is 69.9 Å². The molecular weight excluding hydrogens is 451 g/mol. The van der Waals surface area contributed by atoms with E-state index in [0.717, 1.165) is 29.7 Å². The summed E-state index contributed by atoms with van der Waals surface area (Å²) in [4.78, 5) is 12.7. The van der Waals surface area contributed by atoms with Crippen molar-refractivity contribution in [2.24, 2.45) is 0 Å². The van der Waals surface area contributed by atoms with E-state index in [4.69, 9.17) is 0 Å². The molecule has 32 heavy (non-hydrogen) atoms. The molecule has 2 heterocycles. The van der Waals surface area contributed by atoms with Crippen LogP contribution in [-0.4, -0.2) is 41.9 Å². The van der Waals surface area contributed by atoms with Crippen molar-refractivity contribution in [2.75, 3.05) is 18.4 Å². The van der Waals surface area contributed by atoms with E-state index >= 15 is 0 Å². The number of aromatic nitrogens is 2. The van der Waals surface area contributed by atoms with Crippen molar-refractivity contribution in [3.63, 3.8) is 0 Å². The second-order valence-corrected chi connectivity index (χ2v) is 10.6. The highest BCUT2D eigenvalue weighted by molar-refractivity contribution is 7.89. The molecule has 1 N–H and O–H groups in total. The molecule has 7 nitrogen and oxygen atoms in total. The molecule has 1 saturated heterocycles. The number of sulfonamides is 1. The van der Waals surface area contributed by atoms with E-state index in [1.54, 1.807) is 18.2 Å². The molecule has 168 valence electrons. The van der Waals surface area contributed by atoms with Crippen LogP contribution >= 0.6 is 11.3 Å². The quantitative estimate of drug-likeness (QED) is 0.582. The van der Waals surface area contributed by atoms with Gasteiger partial charge in [-0.3, -0.25) is 4.79 Å². The fraction of sp³-hybridized carbons (Fsp3) is 0.318. The molecule has 1 aliphatic rings.